The van der Waals surface area contributed by atoms with E-state index >= 15 is 0 Å². The highest BCUT2D eigenvalue weighted by molar-refractivity contribution is 6.05. The Labute approximate surface area is 143 Å². The van der Waals surface area contributed by atoms with Crippen LogP contribution in [0.25, 0.3) is 0 Å². The molecule has 0 aliphatic heterocycles. The summed E-state index contributed by atoms with van der Waals surface area (Å²) in [5.74, 6) is -0.883. The molecule has 4 N–H and O–H groups in total. The highest BCUT2D eigenvalue weighted by Crippen LogP contribution is 2.47. The van der Waals surface area contributed by atoms with E-state index in [0.717, 1.165) is 19.3 Å². The van der Waals surface area contributed by atoms with Gasteiger partial charge in [0.05, 0.1) is 23.3 Å². The van der Waals surface area contributed by atoms with Crippen LogP contribution in [-0.2, 0) is 9.59 Å². The van der Waals surface area contributed by atoms with Gasteiger partial charge in [-0.3, -0.25) is 9.59 Å². The van der Waals surface area contributed by atoms with Gasteiger partial charge in [0.15, 0.2) is 0 Å². The summed E-state index contributed by atoms with van der Waals surface area (Å²) in [4.78, 5) is 27.0. The maximum Gasteiger partial charge on any atom is 0.238 e. The molecule has 0 saturated heterocycles. The van der Waals surface area contributed by atoms with Gasteiger partial charge in [0, 0.05) is 0 Å². The number of amides is 2. The van der Waals surface area contributed by atoms with Crippen molar-refractivity contribution >= 4 is 11.8 Å². The fourth-order valence-corrected chi connectivity index (χ4v) is 4.46. The topological polar surface area (TPSA) is 104 Å². The van der Waals surface area contributed by atoms with Gasteiger partial charge in [-0.1, -0.05) is 6.42 Å². The highest BCUT2D eigenvalue weighted by Gasteiger charge is 2.58. The van der Waals surface area contributed by atoms with Crippen LogP contribution < -0.4 is 5.73 Å². The average molecular weight is 338 g/mol. The van der Waals surface area contributed by atoms with Gasteiger partial charge in [-0.05, 0) is 65.2 Å². The van der Waals surface area contributed by atoms with E-state index in [4.69, 9.17) is 5.73 Å². The Hall–Kier alpha value is -1.14. The molecule has 6 nitrogen and oxygen atoms in total. The van der Waals surface area contributed by atoms with Gasteiger partial charge in [0.1, 0.15) is 5.41 Å². The molecule has 6 heteroatoms. The van der Waals surface area contributed by atoms with Crippen molar-refractivity contribution in [2.24, 2.45) is 11.1 Å². The van der Waals surface area contributed by atoms with E-state index < -0.39 is 34.6 Å². The molecule has 3 saturated carbocycles. The Bertz CT molecular complexity index is 509. The summed E-state index contributed by atoms with van der Waals surface area (Å²) in [5, 5.41) is 21.6. The summed E-state index contributed by atoms with van der Waals surface area (Å²) < 4.78 is 0. The zero-order chi connectivity index (χ0) is 17.8. The number of carbonyl (C=O) groups excluding carboxylic acids is 2. The number of nitrogens with zero attached hydrogens (tertiary/aromatic N) is 1. The van der Waals surface area contributed by atoms with Crippen molar-refractivity contribution in [3.63, 3.8) is 0 Å². The molecule has 136 valence electrons. The molecule has 24 heavy (non-hydrogen) atoms. The maximum absolute atomic E-state index is 13.3. The minimum atomic E-state index is -1.15. The molecule has 2 unspecified atom stereocenters. The molecule has 0 bridgehead atoms. The van der Waals surface area contributed by atoms with Crippen molar-refractivity contribution in [1.82, 2.24) is 4.90 Å². The van der Waals surface area contributed by atoms with E-state index in [-0.39, 0.29) is 5.91 Å². The standard InChI is InChI=1S/C18H30N2O4/c1-12(17(23)8-4-9-17)20(13(2)18(24)10-5-11-18)15(22)16(14(19)21)6-3-7-16/h12-13,23-24H,3-11H2,1-2H3,(H2,19,21). The van der Waals surface area contributed by atoms with Crippen molar-refractivity contribution < 1.29 is 19.8 Å². The van der Waals surface area contributed by atoms with Crippen molar-refractivity contribution in [3.05, 3.63) is 0 Å². The minimum absolute atomic E-state index is 0.304. The zero-order valence-electron chi connectivity index (χ0n) is 14.8. The molecule has 0 aromatic heterocycles. The molecule has 0 radical (unpaired) electrons. The molecular formula is C18H30N2O4. The van der Waals surface area contributed by atoms with Crippen molar-refractivity contribution in [2.75, 3.05) is 0 Å². The number of primary amides is 1. The lowest BCUT2D eigenvalue weighted by atomic mass is 9.65. The summed E-state index contributed by atoms with van der Waals surface area (Å²) in [5.41, 5.74) is 2.57. The third-order valence-electron chi connectivity index (χ3n) is 7.15. The van der Waals surface area contributed by atoms with Gasteiger partial charge < -0.3 is 20.8 Å². The lowest BCUT2D eigenvalue weighted by Gasteiger charge is -2.55. The Balaban J connectivity index is 1.92. The summed E-state index contributed by atoms with van der Waals surface area (Å²) >= 11 is 0. The summed E-state index contributed by atoms with van der Waals surface area (Å²) in [6, 6.07) is -0.870. The largest absolute Gasteiger partial charge is 0.388 e. The molecule has 3 aliphatic rings. The first-order chi connectivity index (χ1) is 11.2. The van der Waals surface area contributed by atoms with Crippen LogP contribution in [0.5, 0.6) is 0 Å². The van der Waals surface area contributed by atoms with Gasteiger partial charge in [0.2, 0.25) is 11.8 Å². The van der Waals surface area contributed by atoms with Crippen molar-refractivity contribution in [1.29, 1.82) is 0 Å². The molecule has 3 aliphatic carbocycles. The van der Waals surface area contributed by atoms with E-state index in [1.54, 1.807) is 4.90 Å². The molecule has 3 fully saturated rings. The van der Waals surface area contributed by atoms with Gasteiger partial charge >= 0.3 is 0 Å². The molecular weight excluding hydrogens is 308 g/mol. The summed E-state index contributed by atoms with van der Waals surface area (Å²) in [6.07, 6.45) is 6.19. The first-order valence-electron chi connectivity index (χ1n) is 9.24. The van der Waals surface area contributed by atoms with E-state index in [1.165, 1.54) is 0 Å². The monoisotopic (exact) mass is 338 g/mol. The number of rotatable bonds is 6. The quantitative estimate of drug-likeness (QED) is 0.630. The van der Waals surface area contributed by atoms with Crippen LogP contribution in [0.4, 0.5) is 0 Å². The zero-order valence-corrected chi connectivity index (χ0v) is 14.8. The van der Waals surface area contributed by atoms with Crippen molar-refractivity contribution in [3.8, 4) is 0 Å². The number of carbonyl (C=O) groups is 2. The number of aliphatic hydroxyl groups is 2. The van der Waals surface area contributed by atoms with E-state index in [0.29, 0.717) is 38.5 Å². The second-order valence-corrected chi connectivity index (χ2v) is 8.28. The van der Waals surface area contributed by atoms with Gasteiger partial charge in [-0.15, -0.1) is 0 Å². The fourth-order valence-electron chi connectivity index (χ4n) is 4.46. The minimum Gasteiger partial charge on any atom is -0.388 e. The normalized spacial score (nSPS) is 28.5. The fraction of sp³-hybridized carbons (Fsp3) is 0.889. The lowest BCUT2D eigenvalue weighted by Crippen LogP contribution is -2.69. The second-order valence-electron chi connectivity index (χ2n) is 8.28. The van der Waals surface area contributed by atoms with Crippen LogP contribution in [0.2, 0.25) is 0 Å². The van der Waals surface area contributed by atoms with E-state index in [2.05, 4.69) is 0 Å². The van der Waals surface area contributed by atoms with Gasteiger partial charge in [0.25, 0.3) is 0 Å². The first-order valence-corrected chi connectivity index (χ1v) is 9.24. The Morgan fingerprint density at radius 1 is 0.875 bits per heavy atom. The molecule has 0 heterocycles. The molecule has 3 rings (SSSR count). The number of nitrogens with two attached hydrogens (primary N) is 1. The third-order valence-corrected chi connectivity index (χ3v) is 7.15. The van der Waals surface area contributed by atoms with E-state index in [1.807, 2.05) is 13.8 Å². The Kier molecular flexibility index (Phi) is 4.20. The van der Waals surface area contributed by atoms with Crippen LogP contribution >= 0.6 is 0 Å². The van der Waals surface area contributed by atoms with Crippen LogP contribution in [0.3, 0.4) is 0 Å². The highest BCUT2D eigenvalue weighted by atomic mass is 16.3. The van der Waals surface area contributed by atoms with Gasteiger partial charge in [-0.2, -0.15) is 0 Å². The Morgan fingerprint density at radius 3 is 1.46 bits per heavy atom. The summed E-state index contributed by atoms with van der Waals surface area (Å²) in [6.45, 7) is 3.67. The van der Waals surface area contributed by atoms with E-state index in [9.17, 15) is 19.8 Å². The van der Waals surface area contributed by atoms with Crippen molar-refractivity contribution in [2.45, 2.75) is 94.9 Å². The van der Waals surface area contributed by atoms with Crippen LogP contribution in [0.1, 0.15) is 71.6 Å². The molecule has 0 aromatic carbocycles. The molecule has 2 amide bonds. The molecule has 0 aromatic rings. The predicted molar refractivity (Wildman–Crippen MR) is 88.9 cm³/mol. The third kappa shape index (κ3) is 2.37. The van der Waals surface area contributed by atoms with Crippen LogP contribution in [0.15, 0.2) is 0 Å². The molecule has 0 spiro atoms. The smallest absolute Gasteiger partial charge is 0.238 e. The summed E-state index contributed by atoms with van der Waals surface area (Å²) in [7, 11) is 0. The average Bonchev–Trinajstić information content (AvgIpc) is 2.40. The first kappa shape index (κ1) is 17.7. The lowest BCUT2D eigenvalue weighted by molar-refractivity contribution is -0.185. The number of hydrogen-bond donors (Lipinski definition) is 3. The maximum atomic E-state index is 13.3. The van der Waals surface area contributed by atoms with Crippen LogP contribution in [0, 0.1) is 5.41 Å². The van der Waals surface area contributed by atoms with Crippen LogP contribution in [-0.4, -0.2) is 50.2 Å². The Morgan fingerprint density at radius 2 is 1.25 bits per heavy atom. The predicted octanol–water partition coefficient (Wildman–Crippen LogP) is 1.08. The SMILES string of the molecule is CC(N(C(=O)C1(C(N)=O)CCC1)C(C)C1(O)CCC1)C1(O)CCC1. The van der Waals surface area contributed by atoms with Gasteiger partial charge in [-0.25, -0.2) is 0 Å². The number of hydrogen-bond acceptors (Lipinski definition) is 4. The second kappa shape index (κ2) is 5.70. The molecule has 2 atom stereocenters.